The maximum Gasteiger partial charge on any atom is 0.223 e. The fourth-order valence-corrected chi connectivity index (χ4v) is 3.37. The van der Waals surface area contributed by atoms with Crippen LogP contribution in [0.3, 0.4) is 0 Å². The number of hydrogen-bond donors (Lipinski definition) is 2. The average Bonchev–Trinajstić information content (AvgIpc) is 3.03. The van der Waals surface area contributed by atoms with Gasteiger partial charge in [-0.05, 0) is 63.8 Å². The topological polar surface area (TPSA) is 73.6 Å². The number of carbonyl (C=O) groups is 1. The minimum atomic E-state index is -0.0847. The second kappa shape index (κ2) is 8.38. The van der Waals surface area contributed by atoms with Gasteiger partial charge in [0.15, 0.2) is 11.5 Å². The number of nitrogens with two attached hydrogens (primary N) is 1. The largest absolute Gasteiger partial charge is 0.493 e. The molecule has 0 heterocycles. The van der Waals surface area contributed by atoms with E-state index in [1.807, 2.05) is 39.0 Å². The summed E-state index contributed by atoms with van der Waals surface area (Å²) in [5.74, 6) is 1.87. The lowest BCUT2D eigenvalue weighted by molar-refractivity contribution is -0.126. The Morgan fingerprint density at radius 1 is 1.29 bits per heavy atom. The standard InChI is InChI=1S/C19H30N2O3/c1-12(2)24-17-9-8-14(10-18(17)23-4)13(3)21-19(22)16-7-5-6-15(16)11-20/h8-10,12-13,15-16H,5-7,11,20H2,1-4H3,(H,21,22)/t13?,15-,16-/m1/s1. The Kier molecular flexibility index (Phi) is 6.49. The first-order chi connectivity index (χ1) is 11.5. The molecular formula is C19H30N2O3. The zero-order valence-corrected chi connectivity index (χ0v) is 15.2. The molecule has 134 valence electrons. The van der Waals surface area contributed by atoms with Crippen LogP contribution in [0, 0.1) is 11.8 Å². The molecule has 0 bridgehead atoms. The molecule has 0 radical (unpaired) electrons. The minimum absolute atomic E-state index is 0.0443. The molecular weight excluding hydrogens is 304 g/mol. The average molecular weight is 334 g/mol. The maximum absolute atomic E-state index is 12.5. The summed E-state index contributed by atoms with van der Waals surface area (Å²) in [6.45, 7) is 6.53. The van der Waals surface area contributed by atoms with Gasteiger partial charge in [0, 0.05) is 5.92 Å². The molecule has 0 saturated heterocycles. The molecule has 1 saturated carbocycles. The Morgan fingerprint density at radius 2 is 2.04 bits per heavy atom. The normalized spacial score (nSPS) is 21.6. The van der Waals surface area contributed by atoms with E-state index in [0.717, 1.165) is 24.8 Å². The van der Waals surface area contributed by atoms with E-state index in [0.29, 0.717) is 24.0 Å². The predicted octanol–water partition coefficient (Wildman–Crippen LogP) is 3.03. The van der Waals surface area contributed by atoms with Gasteiger partial charge in [-0.2, -0.15) is 0 Å². The van der Waals surface area contributed by atoms with Gasteiger partial charge in [0.25, 0.3) is 0 Å². The highest BCUT2D eigenvalue weighted by molar-refractivity contribution is 5.79. The van der Waals surface area contributed by atoms with Crippen LogP contribution in [0.5, 0.6) is 11.5 Å². The van der Waals surface area contributed by atoms with Crippen LogP contribution in [0.25, 0.3) is 0 Å². The predicted molar refractivity (Wildman–Crippen MR) is 95.2 cm³/mol. The highest BCUT2D eigenvalue weighted by Crippen LogP contribution is 2.33. The Balaban J connectivity index is 2.06. The molecule has 1 fully saturated rings. The van der Waals surface area contributed by atoms with E-state index in [4.69, 9.17) is 15.2 Å². The molecule has 0 aliphatic heterocycles. The van der Waals surface area contributed by atoms with E-state index in [2.05, 4.69) is 5.32 Å². The molecule has 1 amide bonds. The number of ether oxygens (including phenoxy) is 2. The molecule has 0 spiro atoms. The first kappa shape index (κ1) is 18.6. The first-order valence-electron chi connectivity index (χ1n) is 8.81. The number of rotatable bonds is 7. The molecule has 5 heteroatoms. The van der Waals surface area contributed by atoms with Crippen LogP contribution in [0.15, 0.2) is 18.2 Å². The fourth-order valence-electron chi connectivity index (χ4n) is 3.37. The molecule has 3 atom stereocenters. The summed E-state index contributed by atoms with van der Waals surface area (Å²) in [5, 5.41) is 3.12. The van der Waals surface area contributed by atoms with Crippen LogP contribution >= 0.6 is 0 Å². The first-order valence-corrected chi connectivity index (χ1v) is 8.81. The monoisotopic (exact) mass is 334 g/mol. The molecule has 1 aromatic carbocycles. The van der Waals surface area contributed by atoms with Crippen molar-refractivity contribution in [2.45, 2.75) is 52.2 Å². The number of hydrogen-bond acceptors (Lipinski definition) is 4. The second-order valence-electron chi connectivity index (χ2n) is 6.84. The number of carbonyl (C=O) groups excluding carboxylic acids is 1. The molecule has 5 nitrogen and oxygen atoms in total. The third kappa shape index (κ3) is 4.41. The van der Waals surface area contributed by atoms with Crippen molar-refractivity contribution in [1.29, 1.82) is 0 Å². The Hall–Kier alpha value is -1.75. The van der Waals surface area contributed by atoms with Gasteiger partial charge in [-0.15, -0.1) is 0 Å². The van der Waals surface area contributed by atoms with Gasteiger partial charge in [-0.1, -0.05) is 12.5 Å². The summed E-state index contributed by atoms with van der Waals surface area (Å²) < 4.78 is 11.2. The number of benzene rings is 1. The van der Waals surface area contributed by atoms with Crippen LogP contribution < -0.4 is 20.5 Å². The second-order valence-corrected chi connectivity index (χ2v) is 6.84. The van der Waals surface area contributed by atoms with E-state index in [1.54, 1.807) is 7.11 Å². The number of nitrogens with one attached hydrogen (secondary N) is 1. The van der Waals surface area contributed by atoms with Crippen molar-refractivity contribution in [3.05, 3.63) is 23.8 Å². The number of amides is 1. The number of methoxy groups -OCH3 is 1. The van der Waals surface area contributed by atoms with Crippen molar-refractivity contribution >= 4 is 5.91 Å². The lowest BCUT2D eigenvalue weighted by Crippen LogP contribution is -2.36. The van der Waals surface area contributed by atoms with Crippen LogP contribution in [0.4, 0.5) is 0 Å². The molecule has 24 heavy (non-hydrogen) atoms. The van der Waals surface area contributed by atoms with Gasteiger partial charge in [0.2, 0.25) is 5.91 Å². The molecule has 3 N–H and O–H groups in total. The van der Waals surface area contributed by atoms with Crippen LogP contribution in [-0.4, -0.2) is 25.7 Å². The SMILES string of the molecule is COc1cc(C(C)NC(=O)[C@@H]2CCC[C@@H]2CN)ccc1OC(C)C. The van der Waals surface area contributed by atoms with E-state index in [-0.39, 0.29) is 24.0 Å². The van der Waals surface area contributed by atoms with E-state index >= 15 is 0 Å². The van der Waals surface area contributed by atoms with Crippen molar-refractivity contribution in [3.63, 3.8) is 0 Å². The van der Waals surface area contributed by atoms with Gasteiger partial charge in [0.1, 0.15) is 0 Å². The van der Waals surface area contributed by atoms with Gasteiger partial charge < -0.3 is 20.5 Å². The van der Waals surface area contributed by atoms with Crippen LogP contribution in [0.1, 0.15) is 51.6 Å². The summed E-state index contributed by atoms with van der Waals surface area (Å²) in [5.41, 5.74) is 6.79. The zero-order valence-electron chi connectivity index (χ0n) is 15.2. The van der Waals surface area contributed by atoms with Gasteiger partial charge >= 0.3 is 0 Å². The Morgan fingerprint density at radius 3 is 2.67 bits per heavy atom. The fraction of sp³-hybridized carbons (Fsp3) is 0.632. The van der Waals surface area contributed by atoms with E-state index in [1.165, 1.54) is 0 Å². The molecule has 1 unspecified atom stereocenters. The molecule has 1 aliphatic rings. The van der Waals surface area contributed by atoms with E-state index in [9.17, 15) is 4.79 Å². The third-order valence-electron chi connectivity index (χ3n) is 4.71. The smallest absolute Gasteiger partial charge is 0.223 e. The van der Waals surface area contributed by atoms with Gasteiger partial charge in [-0.3, -0.25) is 4.79 Å². The van der Waals surface area contributed by atoms with Crippen LogP contribution in [0.2, 0.25) is 0 Å². The van der Waals surface area contributed by atoms with Crippen molar-refractivity contribution in [1.82, 2.24) is 5.32 Å². The lowest BCUT2D eigenvalue weighted by Gasteiger charge is -2.22. The molecule has 1 aromatic rings. The summed E-state index contributed by atoms with van der Waals surface area (Å²) >= 11 is 0. The zero-order chi connectivity index (χ0) is 17.7. The highest BCUT2D eigenvalue weighted by atomic mass is 16.5. The summed E-state index contributed by atoms with van der Waals surface area (Å²) in [6.07, 6.45) is 3.16. The summed E-state index contributed by atoms with van der Waals surface area (Å²) in [6, 6.07) is 5.71. The van der Waals surface area contributed by atoms with E-state index < -0.39 is 0 Å². The molecule has 1 aliphatic carbocycles. The molecule has 0 aromatic heterocycles. The summed E-state index contributed by atoms with van der Waals surface area (Å²) in [4.78, 5) is 12.5. The van der Waals surface area contributed by atoms with Crippen molar-refractivity contribution < 1.29 is 14.3 Å². The lowest BCUT2D eigenvalue weighted by atomic mass is 9.94. The van der Waals surface area contributed by atoms with Gasteiger partial charge in [-0.25, -0.2) is 0 Å². The highest BCUT2D eigenvalue weighted by Gasteiger charge is 2.32. The van der Waals surface area contributed by atoms with Gasteiger partial charge in [0.05, 0.1) is 19.3 Å². The third-order valence-corrected chi connectivity index (χ3v) is 4.71. The maximum atomic E-state index is 12.5. The summed E-state index contributed by atoms with van der Waals surface area (Å²) in [7, 11) is 1.62. The van der Waals surface area contributed by atoms with Crippen molar-refractivity contribution in [2.75, 3.05) is 13.7 Å². The van der Waals surface area contributed by atoms with Crippen LogP contribution in [-0.2, 0) is 4.79 Å². The van der Waals surface area contributed by atoms with Crippen molar-refractivity contribution in [3.8, 4) is 11.5 Å². The van der Waals surface area contributed by atoms with Crippen molar-refractivity contribution in [2.24, 2.45) is 17.6 Å². The Labute approximate surface area is 144 Å². The quantitative estimate of drug-likeness (QED) is 0.804. The minimum Gasteiger partial charge on any atom is -0.493 e. The molecule has 2 rings (SSSR count). The Bertz CT molecular complexity index is 560.